The number of hydrogen-bond donors (Lipinski definition) is 4. The van der Waals surface area contributed by atoms with E-state index in [4.69, 9.17) is 5.73 Å². The molecule has 0 radical (unpaired) electrons. The van der Waals surface area contributed by atoms with Gasteiger partial charge in [0.2, 0.25) is 5.91 Å². The van der Waals surface area contributed by atoms with E-state index in [9.17, 15) is 19.2 Å². The molecular weight excluding hydrogens is 432 g/mol. The number of amides is 1. The fourth-order valence-corrected chi connectivity index (χ4v) is 3.91. The van der Waals surface area contributed by atoms with Gasteiger partial charge in [-0.25, -0.2) is 0 Å². The van der Waals surface area contributed by atoms with Gasteiger partial charge in [-0.1, -0.05) is 41.5 Å². The number of nitrogens with two attached hydrogens (primary N) is 1. The van der Waals surface area contributed by atoms with Crippen LogP contribution in [0.3, 0.4) is 0 Å². The summed E-state index contributed by atoms with van der Waals surface area (Å²) >= 11 is 0. The molecule has 0 aliphatic heterocycles. The maximum Gasteiger partial charge on any atom is 0.220 e. The van der Waals surface area contributed by atoms with Crippen LogP contribution in [-0.2, 0) is 19.2 Å². The molecule has 1 aliphatic carbocycles. The van der Waals surface area contributed by atoms with E-state index in [-0.39, 0.29) is 30.3 Å². The number of aldehydes is 1. The summed E-state index contributed by atoms with van der Waals surface area (Å²) in [4.78, 5) is 49.5. The molecule has 0 saturated carbocycles. The summed E-state index contributed by atoms with van der Waals surface area (Å²) < 4.78 is 0. The lowest BCUT2D eigenvalue weighted by molar-refractivity contribution is -0.123. The Kier molecular flexibility index (Phi) is 16.5. The fourth-order valence-electron chi connectivity index (χ4n) is 3.91. The molecule has 0 bridgehead atoms. The maximum atomic E-state index is 13.1. The molecule has 196 valence electrons. The molecule has 0 saturated heterocycles. The third-order valence-corrected chi connectivity index (χ3v) is 5.53. The molecule has 0 unspecified atom stereocenters. The zero-order chi connectivity index (χ0) is 27.1. The first-order valence-corrected chi connectivity index (χ1v) is 12.0. The van der Waals surface area contributed by atoms with E-state index in [0.717, 1.165) is 19.4 Å². The highest BCUT2D eigenvalue weighted by atomic mass is 16.2. The van der Waals surface area contributed by atoms with Crippen molar-refractivity contribution in [3.8, 4) is 0 Å². The lowest BCUT2D eigenvalue weighted by Gasteiger charge is -2.35. The Morgan fingerprint density at radius 3 is 1.65 bits per heavy atom. The molecule has 0 fully saturated rings. The van der Waals surface area contributed by atoms with Crippen molar-refractivity contribution >= 4 is 23.8 Å². The molecule has 34 heavy (non-hydrogen) atoms. The Morgan fingerprint density at radius 1 is 0.853 bits per heavy atom. The van der Waals surface area contributed by atoms with Gasteiger partial charge >= 0.3 is 0 Å². The number of ketones is 2. The number of rotatable bonds is 11. The number of likely N-dealkylation sites (N-methyl/N-ethyl adjacent to an activating group) is 2. The Balaban J connectivity index is 0. The van der Waals surface area contributed by atoms with Gasteiger partial charge in [-0.3, -0.25) is 14.4 Å². The smallest absolute Gasteiger partial charge is 0.220 e. The molecule has 0 aromatic heterocycles. The van der Waals surface area contributed by atoms with Crippen LogP contribution < -0.4 is 21.7 Å². The largest absolute Gasteiger partial charge is 0.355 e. The molecule has 5 N–H and O–H groups in total. The molecule has 1 aliphatic rings. The van der Waals surface area contributed by atoms with E-state index in [2.05, 4.69) is 16.0 Å². The number of carbonyl (C=O) groups excluding carboxylic acids is 4. The van der Waals surface area contributed by atoms with Gasteiger partial charge < -0.3 is 26.5 Å². The molecule has 0 aromatic carbocycles. The van der Waals surface area contributed by atoms with E-state index in [1.165, 1.54) is 0 Å². The number of Topliss-reactive ketones (excluding diaryl/α,β-unsaturated/α-hetero) is 2. The van der Waals surface area contributed by atoms with E-state index < -0.39 is 10.8 Å². The van der Waals surface area contributed by atoms with Crippen molar-refractivity contribution in [2.45, 2.75) is 68.2 Å². The lowest BCUT2D eigenvalue weighted by atomic mass is 9.66. The van der Waals surface area contributed by atoms with E-state index >= 15 is 0 Å². The first kappa shape index (κ1) is 34.0. The van der Waals surface area contributed by atoms with Crippen LogP contribution in [-0.4, -0.2) is 64.0 Å². The monoisotopic (exact) mass is 480 g/mol. The van der Waals surface area contributed by atoms with E-state index in [0.29, 0.717) is 35.4 Å². The summed E-state index contributed by atoms with van der Waals surface area (Å²) in [7, 11) is 3.68. The number of allylic oxidation sites excluding steroid dienone is 4. The van der Waals surface area contributed by atoms with Gasteiger partial charge in [0.25, 0.3) is 0 Å². The highest BCUT2D eigenvalue weighted by Crippen LogP contribution is 2.43. The Labute approximate surface area is 206 Å². The van der Waals surface area contributed by atoms with Gasteiger partial charge in [0.15, 0.2) is 11.6 Å². The van der Waals surface area contributed by atoms with Crippen LogP contribution >= 0.6 is 0 Å². The van der Waals surface area contributed by atoms with Gasteiger partial charge in [0.05, 0.1) is 0 Å². The van der Waals surface area contributed by atoms with Gasteiger partial charge in [-0.2, -0.15) is 0 Å². The van der Waals surface area contributed by atoms with Gasteiger partial charge in [-0.05, 0) is 27.9 Å². The maximum absolute atomic E-state index is 13.1. The Morgan fingerprint density at radius 2 is 1.29 bits per heavy atom. The van der Waals surface area contributed by atoms with Gasteiger partial charge in [0.1, 0.15) is 6.29 Å². The minimum Gasteiger partial charge on any atom is -0.355 e. The highest BCUT2D eigenvalue weighted by molar-refractivity contribution is 6.25. The molecule has 0 spiro atoms. The average Bonchev–Trinajstić information content (AvgIpc) is 2.74. The third-order valence-electron chi connectivity index (χ3n) is 5.53. The molecular formula is C26H48N4O4. The van der Waals surface area contributed by atoms with Crippen LogP contribution in [0.1, 0.15) is 68.2 Å². The summed E-state index contributed by atoms with van der Waals surface area (Å²) in [6.07, 6.45) is 1.05. The summed E-state index contributed by atoms with van der Waals surface area (Å²) in [5, 5.41) is 8.65. The van der Waals surface area contributed by atoms with Crippen LogP contribution in [0.2, 0.25) is 0 Å². The fraction of sp³-hybridized carbons (Fsp3) is 0.692. The SMILES string of the molecule is CC.CNCCN.CNCCNC(=O)CC(C)(C)C1=C(C)C(=O)C(C(C)(C)CC=O)=C(C)C1=O. The number of carbonyl (C=O) groups is 4. The zero-order valence-electron chi connectivity index (χ0n) is 23.0. The first-order valence-electron chi connectivity index (χ1n) is 12.0. The van der Waals surface area contributed by atoms with Crippen molar-refractivity contribution in [3.05, 3.63) is 22.3 Å². The van der Waals surface area contributed by atoms with Gasteiger partial charge in [-0.15, -0.1) is 0 Å². The molecule has 8 nitrogen and oxygen atoms in total. The molecule has 8 heteroatoms. The molecule has 0 heterocycles. The summed E-state index contributed by atoms with van der Waals surface area (Å²) in [6.45, 7) is 17.3. The van der Waals surface area contributed by atoms with Crippen LogP contribution in [0.15, 0.2) is 22.3 Å². The Hall–Kier alpha value is -2.16. The van der Waals surface area contributed by atoms with Crippen LogP contribution in [0, 0.1) is 10.8 Å². The predicted octanol–water partition coefficient (Wildman–Crippen LogP) is 2.33. The second kappa shape index (κ2) is 16.5. The summed E-state index contributed by atoms with van der Waals surface area (Å²) in [5.74, 6) is -0.587. The van der Waals surface area contributed by atoms with E-state index in [1.54, 1.807) is 34.7 Å². The highest BCUT2D eigenvalue weighted by Gasteiger charge is 2.42. The topological polar surface area (TPSA) is 130 Å². The van der Waals surface area contributed by atoms with Crippen molar-refractivity contribution < 1.29 is 19.2 Å². The first-order chi connectivity index (χ1) is 15.8. The van der Waals surface area contributed by atoms with Gasteiger partial charge in [0, 0.05) is 72.1 Å². The number of nitrogens with one attached hydrogen (secondary N) is 3. The van der Waals surface area contributed by atoms with Crippen molar-refractivity contribution in [3.63, 3.8) is 0 Å². The summed E-state index contributed by atoms with van der Waals surface area (Å²) in [6, 6.07) is 0. The van der Waals surface area contributed by atoms with Crippen molar-refractivity contribution in [2.75, 3.05) is 40.3 Å². The number of hydrogen-bond acceptors (Lipinski definition) is 7. The van der Waals surface area contributed by atoms with Crippen LogP contribution in [0.25, 0.3) is 0 Å². The second-order valence-electron chi connectivity index (χ2n) is 9.32. The zero-order valence-corrected chi connectivity index (χ0v) is 23.0. The van der Waals surface area contributed by atoms with E-state index in [1.807, 2.05) is 34.7 Å². The van der Waals surface area contributed by atoms with Crippen LogP contribution in [0.4, 0.5) is 0 Å². The van der Waals surface area contributed by atoms with Crippen molar-refractivity contribution in [1.29, 1.82) is 0 Å². The van der Waals surface area contributed by atoms with Crippen molar-refractivity contribution in [1.82, 2.24) is 16.0 Å². The molecule has 1 rings (SSSR count). The summed E-state index contributed by atoms with van der Waals surface area (Å²) in [5.41, 5.74) is 5.12. The predicted molar refractivity (Wildman–Crippen MR) is 140 cm³/mol. The third kappa shape index (κ3) is 9.99. The molecule has 0 atom stereocenters. The minimum atomic E-state index is -0.776. The molecule has 1 amide bonds. The standard InChI is InChI=1S/C21H32N2O4.C3H10N2.C2H6/c1-13-16(20(3,4)8-11-24)18(26)14(2)17(19(13)27)21(5,6)12-15(25)23-10-9-22-7;1-5-3-2-4;1-2/h11,22H,8-10,12H2,1-7H3,(H,23,25);5H,2-4H2,1H3;1-2H3. The lowest BCUT2D eigenvalue weighted by Crippen LogP contribution is -2.38. The normalized spacial score (nSPS) is 14.2. The second-order valence-corrected chi connectivity index (χ2v) is 9.32. The average molecular weight is 481 g/mol. The van der Waals surface area contributed by atoms with Crippen LogP contribution in [0.5, 0.6) is 0 Å². The molecule has 0 aromatic rings. The minimum absolute atomic E-state index is 0.114. The Bertz CT molecular complexity index is 763. The quantitative estimate of drug-likeness (QED) is 0.203. The van der Waals surface area contributed by atoms with Crippen molar-refractivity contribution in [2.24, 2.45) is 16.6 Å².